The Bertz CT molecular complexity index is 564. The van der Waals surface area contributed by atoms with Gasteiger partial charge in [0.1, 0.15) is 18.1 Å². The van der Waals surface area contributed by atoms with Crippen LogP contribution in [0.1, 0.15) is 5.56 Å². The van der Waals surface area contributed by atoms with Crippen molar-refractivity contribution >= 4 is 11.6 Å². The molecule has 1 heterocycles. The molecule has 0 aromatic heterocycles. The Labute approximate surface area is 98.1 Å². The highest BCUT2D eigenvalue weighted by Gasteiger charge is 2.17. The van der Waals surface area contributed by atoms with Gasteiger partial charge in [-0.25, -0.2) is 0 Å². The van der Waals surface area contributed by atoms with Gasteiger partial charge in [0.05, 0.1) is 0 Å². The largest absolute Gasteiger partial charge is 0.508 e. The molecule has 1 aliphatic rings. The molecular formula is C13H9ClO2. The number of rotatable bonds is 0. The summed E-state index contributed by atoms with van der Waals surface area (Å²) in [4.78, 5) is 0. The zero-order valence-corrected chi connectivity index (χ0v) is 9.16. The second kappa shape index (κ2) is 3.42. The topological polar surface area (TPSA) is 29.5 Å². The number of benzene rings is 2. The molecule has 0 unspecified atom stereocenters. The van der Waals surface area contributed by atoms with Crippen LogP contribution in [0.15, 0.2) is 36.4 Å². The molecule has 16 heavy (non-hydrogen) atoms. The number of fused-ring (bicyclic) bond motifs is 3. The second-order valence-corrected chi connectivity index (χ2v) is 4.21. The Kier molecular flexibility index (Phi) is 2.04. The summed E-state index contributed by atoms with van der Waals surface area (Å²) in [6.45, 7) is 0.484. The molecule has 2 nitrogen and oxygen atoms in total. The summed E-state index contributed by atoms with van der Waals surface area (Å²) in [6.07, 6.45) is 0. The summed E-state index contributed by atoms with van der Waals surface area (Å²) in [5, 5.41) is 10.1. The predicted molar refractivity (Wildman–Crippen MR) is 62.9 cm³/mol. The van der Waals surface area contributed by atoms with E-state index < -0.39 is 0 Å². The fourth-order valence-electron chi connectivity index (χ4n) is 1.96. The van der Waals surface area contributed by atoms with Gasteiger partial charge in [-0.15, -0.1) is 0 Å². The molecule has 0 spiro atoms. The summed E-state index contributed by atoms with van der Waals surface area (Å²) in [6, 6.07) is 10.8. The third-order valence-corrected chi connectivity index (χ3v) is 2.94. The highest BCUT2D eigenvalue weighted by molar-refractivity contribution is 6.31. The number of hydrogen-bond acceptors (Lipinski definition) is 2. The number of phenols is 1. The molecule has 3 rings (SSSR count). The monoisotopic (exact) mass is 232 g/mol. The van der Waals surface area contributed by atoms with Crippen molar-refractivity contribution in [1.29, 1.82) is 0 Å². The van der Waals surface area contributed by atoms with E-state index in [0.717, 1.165) is 22.4 Å². The Balaban J connectivity index is 2.25. The van der Waals surface area contributed by atoms with Crippen molar-refractivity contribution in [2.24, 2.45) is 0 Å². The van der Waals surface area contributed by atoms with Gasteiger partial charge >= 0.3 is 0 Å². The third kappa shape index (κ3) is 1.42. The molecule has 0 saturated heterocycles. The van der Waals surface area contributed by atoms with E-state index in [4.69, 9.17) is 16.3 Å². The van der Waals surface area contributed by atoms with E-state index in [-0.39, 0.29) is 5.75 Å². The summed E-state index contributed by atoms with van der Waals surface area (Å²) >= 11 is 5.97. The zero-order chi connectivity index (χ0) is 11.1. The highest BCUT2D eigenvalue weighted by atomic mass is 35.5. The summed E-state index contributed by atoms with van der Waals surface area (Å²) < 4.78 is 5.59. The molecule has 0 fully saturated rings. The van der Waals surface area contributed by atoms with Crippen molar-refractivity contribution in [3.63, 3.8) is 0 Å². The standard InChI is InChI=1S/C13H9ClO2/c14-9-1-4-13-12(6-9)11-3-2-10(15)5-8(11)7-16-13/h1-6,15H,7H2. The first kappa shape index (κ1) is 9.55. The highest BCUT2D eigenvalue weighted by Crippen LogP contribution is 2.39. The van der Waals surface area contributed by atoms with E-state index in [0.29, 0.717) is 11.6 Å². The first-order valence-electron chi connectivity index (χ1n) is 4.99. The molecule has 0 bridgehead atoms. The maximum absolute atomic E-state index is 9.41. The van der Waals surface area contributed by atoms with Crippen LogP contribution in [-0.4, -0.2) is 5.11 Å². The molecule has 2 aromatic carbocycles. The Morgan fingerprint density at radius 1 is 1.06 bits per heavy atom. The minimum absolute atomic E-state index is 0.257. The van der Waals surface area contributed by atoms with Gasteiger partial charge in [-0.05, 0) is 35.9 Å². The number of ether oxygens (including phenoxy) is 1. The maximum atomic E-state index is 9.41. The first-order valence-corrected chi connectivity index (χ1v) is 5.36. The minimum atomic E-state index is 0.257. The summed E-state index contributed by atoms with van der Waals surface area (Å²) in [5.41, 5.74) is 3.03. The van der Waals surface area contributed by atoms with E-state index >= 15 is 0 Å². The molecule has 2 aromatic rings. The SMILES string of the molecule is Oc1ccc2c(c1)COc1ccc(Cl)cc1-2. The molecule has 0 aliphatic carbocycles. The molecule has 0 saturated carbocycles. The number of aromatic hydroxyl groups is 1. The van der Waals surface area contributed by atoms with E-state index in [2.05, 4.69) is 0 Å². The van der Waals surface area contributed by atoms with Crippen molar-refractivity contribution in [2.75, 3.05) is 0 Å². The van der Waals surface area contributed by atoms with E-state index in [1.165, 1.54) is 0 Å². The number of phenolic OH excluding ortho intramolecular Hbond substituents is 1. The Hall–Kier alpha value is -1.67. The van der Waals surface area contributed by atoms with Crippen LogP contribution in [0.4, 0.5) is 0 Å². The fourth-order valence-corrected chi connectivity index (χ4v) is 2.13. The lowest BCUT2D eigenvalue weighted by atomic mass is 9.97. The number of halogens is 1. The van der Waals surface area contributed by atoms with Crippen LogP contribution in [0.5, 0.6) is 11.5 Å². The third-order valence-electron chi connectivity index (χ3n) is 2.70. The van der Waals surface area contributed by atoms with Crippen LogP contribution >= 0.6 is 11.6 Å². The average Bonchev–Trinajstić information content (AvgIpc) is 2.28. The van der Waals surface area contributed by atoms with Gasteiger partial charge in [-0.1, -0.05) is 17.7 Å². The predicted octanol–water partition coefficient (Wildman–Crippen LogP) is 3.61. The van der Waals surface area contributed by atoms with Crippen LogP contribution in [0.3, 0.4) is 0 Å². The van der Waals surface area contributed by atoms with Crippen molar-refractivity contribution in [3.8, 4) is 22.6 Å². The van der Waals surface area contributed by atoms with Gasteiger partial charge in [0.2, 0.25) is 0 Å². The molecule has 1 aliphatic heterocycles. The smallest absolute Gasteiger partial charge is 0.127 e. The van der Waals surface area contributed by atoms with Gasteiger partial charge in [0, 0.05) is 16.1 Å². The van der Waals surface area contributed by atoms with Crippen LogP contribution < -0.4 is 4.74 Å². The lowest BCUT2D eigenvalue weighted by Gasteiger charge is -2.20. The van der Waals surface area contributed by atoms with Crippen molar-refractivity contribution in [2.45, 2.75) is 6.61 Å². The van der Waals surface area contributed by atoms with Crippen molar-refractivity contribution in [3.05, 3.63) is 47.0 Å². The quantitative estimate of drug-likeness (QED) is 0.752. The van der Waals surface area contributed by atoms with Gasteiger partial charge in [0.15, 0.2) is 0 Å². The van der Waals surface area contributed by atoms with Crippen LogP contribution in [0, 0.1) is 0 Å². The Morgan fingerprint density at radius 3 is 2.81 bits per heavy atom. The molecular weight excluding hydrogens is 224 g/mol. The van der Waals surface area contributed by atoms with Crippen LogP contribution in [0.2, 0.25) is 5.02 Å². The molecule has 3 heteroatoms. The summed E-state index contributed by atoms with van der Waals surface area (Å²) in [5.74, 6) is 1.09. The molecule has 0 amide bonds. The van der Waals surface area contributed by atoms with E-state index in [1.54, 1.807) is 12.1 Å². The first-order chi connectivity index (χ1) is 7.74. The molecule has 0 radical (unpaired) electrons. The van der Waals surface area contributed by atoms with Gasteiger partial charge in [0.25, 0.3) is 0 Å². The van der Waals surface area contributed by atoms with Crippen molar-refractivity contribution in [1.82, 2.24) is 0 Å². The van der Waals surface area contributed by atoms with Gasteiger partial charge in [-0.3, -0.25) is 0 Å². The van der Waals surface area contributed by atoms with Crippen molar-refractivity contribution < 1.29 is 9.84 Å². The fraction of sp³-hybridized carbons (Fsp3) is 0.0769. The molecule has 1 N–H and O–H groups in total. The summed E-state index contributed by atoms with van der Waals surface area (Å²) in [7, 11) is 0. The van der Waals surface area contributed by atoms with E-state index in [1.807, 2.05) is 24.3 Å². The minimum Gasteiger partial charge on any atom is -0.508 e. The van der Waals surface area contributed by atoms with E-state index in [9.17, 15) is 5.11 Å². The maximum Gasteiger partial charge on any atom is 0.127 e. The number of hydrogen-bond donors (Lipinski definition) is 1. The molecule has 80 valence electrons. The van der Waals surface area contributed by atoms with Gasteiger partial charge in [-0.2, -0.15) is 0 Å². The van der Waals surface area contributed by atoms with Crippen LogP contribution in [0.25, 0.3) is 11.1 Å². The normalized spacial score (nSPS) is 12.6. The van der Waals surface area contributed by atoms with Gasteiger partial charge < -0.3 is 9.84 Å². The van der Waals surface area contributed by atoms with Crippen LogP contribution in [-0.2, 0) is 6.61 Å². The zero-order valence-electron chi connectivity index (χ0n) is 8.40. The average molecular weight is 233 g/mol. The lowest BCUT2D eigenvalue weighted by Crippen LogP contribution is -2.04. The second-order valence-electron chi connectivity index (χ2n) is 3.77. The Morgan fingerprint density at radius 2 is 1.94 bits per heavy atom. The lowest BCUT2D eigenvalue weighted by molar-refractivity contribution is 0.301. The molecule has 0 atom stereocenters.